The molecule has 2 atom stereocenters. The van der Waals surface area contributed by atoms with Gasteiger partial charge in [-0.1, -0.05) is 6.92 Å². The predicted octanol–water partition coefficient (Wildman–Crippen LogP) is 0.969. The molecule has 0 aromatic rings. The van der Waals surface area contributed by atoms with Crippen LogP contribution in [0.2, 0.25) is 0 Å². The van der Waals surface area contributed by atoms with E-state index in [0.29, 0.717) is 12.0 Å². The molecule has 2 aliphatic rings. The molecule has 106 valence electrons. The smallest absolute Gasteiger partial charge is 0.0623 e. The minimum atomic E-state index is 0.548. The molecule has 18 heavy (non-hydrogen) atoms. The average molecular weight is 256 g/mol. The lowest BCUT2D eigenvalue weighted by atomic mass is 9.98. The van der Waals surface area contributed by atoms with E-state index in [4.69, 9.17) is 9.47 Å². The molecule has 2 aliphatic heterocycles. The molecule has 4 nitrogen and oxygen atoms in total. The molecule has 2 saturated heterocycles. The normalized spacial score (nSPS) is 30.2. The molecular formula is C14H28N2O2. The van der Waals surface area contributed by atoms with E-state index in [9.17, 15) is 0 Å². The summed E-state index contributed by atoms with van der Waals surface area (Å²) < 4.78 is 11.0. The van der Waals surface area contributed by atoms with E-state index in [-0.39, 0.29) is 0 Å². The Kier molecular flexibility index (Phi) is 5.89. The fraction of sp³-hybridized carbons (Fsp3) is 1.00. The molecule has 2 fully saturated rings. The van der Waals surface area contributed by atoms with Crippen LogP contribution in [0.1, 0.15) is 19.8 Å². The van der Waals surface area contributed by atoms with Crippen molar-refractivity contribution in [3.8, 4) is 0 Å². The van der Waals surface area contributed by atoms with Crippen molar-refractivity contribution in [2.24, 2.45) is 11.8 Å². The van der Waals surface area contributed by atoms with Gasteiger partial charge in [-0.3, -0.25) is 0 Å². The molecule has 0 bridgehead atoms. The highest BCUT2D eigenvalue weighted by Crippen LogP contribution is 2.18. The number of likely N-dealkylation sites (N-methyl/N-ethyl adjacent to an activating group) is 1. The standard InChI is InChI=1S/C14H28N2O2/c1-3-15-14-11-18-10-13(14)9-16(2)8-12-4-6-17-7-5-12/h12-15H,3-11H2,1-2H3. The van der Waals surface area contributed by atoms with Gasteiger partial charge in [-0.05, 0) is 32.4 Å². The Balaban J connectivity index is 1.70. The van der Waals surface area contributed by atoms with Gasteiger partial charge < -0.3 is 19.7 Å². The Bertz CT molecular complexity index is 232. The summed E-state index contributed by atoms with van der Waals surface area (Å²) >= 11 is 0. The van der Waals surface area contributed by atoms with Gasteiger partial charge in [0.05, 0.1) is 13.2 Å². The molecular weight excluding hydrogens is 228 g/mol. The molecule has 0 aromatic heterocycles. The first-order chi connectivity index (χ1) is 8.79. The van der Waals surface area contributed by atoms with Crippen molar-refractivity contribution in [2.45, 2.75) is 25.8 Å². The second-order valence-corrected chi connectivity index (χ2v) is 5.74. The first kappa shape index (κ1) is 14.3. The van der Waals surface area contributed by atoms with Gasteiger partial charge in [-0.15, -0.1) is 0 Å². The van der Waals surface area contributed by atoms with Crippen LogP contribution in [-0.2, 0) is 9.47 Å². The van der Waals surface area contributed by atoms with Crippen LogP contribution in [0, 0.1) is 11.8 Å². The second-order valence-electron chi connectivity index (χ2n) is 5.74. The third kappa shape index (κ3) is 4.19. The van der Waals surface area contributed by atoms with E-state index in [0.717, 1.165) is 45.4 Å². The molecule has 0 saturated carbocycles. The lowest BCUT2D eigenvalue weighted by Gasteiger charge is -2.29. The molecule has 0 spiro atoms. The first-order valence-electron chi connectivity index (χ1n) is 7.37. The number of hydrogen-bond acceptors (Lipinski definition) is 4. The number of rotatable bonds is 6. The highest BCUT2D eigenvalue weighted by atomic mass is 16.5. The summed E-state index contributed by atoms with van der Waals surface area (Å²) in [4.78, 5) is 2.49. The van der Waals surface area contributed by atoms with E-state index in [1.165, 1.54) is 19.4 Å². The number of nitrogens with zero attached hydrogens (tertiary/aromatic N) is 1. The Morgan fingerprint density at radius 2 is 1.89 bits per heavy atom. The molecule has 1 N–H and O–H groups in total. The lowest BCUT2D eigenvalue weighted by molar-refractivity contribution is 0.0533. The van der Waals surface area contributed by atoms with Gasteiger partial charge in [-0.25, -0.2) is 0 Å². The van der Waals surface area contributed by atoms with Crippen LogP contribution in [-0.4, -0.2) is 64.1 Å². The van der Waals surface area contributed by atoms with Crippen LogP contribution in [0.25, 0.3) is 0 Å². The minimum absolute atomic E-state index is 0.548. The van der Waals surface area contributed by atoms with E-state index in [1.54, 1.807) is 0 Å². The van der Waals surface area contributed by atoms with Gasteiger partial charge in [0.15, 0.2) is 0 Å². The summed E-state index contributed by atoms with van der Waals surface area (Å²) in [6, 6.07) is 0.548. The SMILES string of the molecule is CCNC1COCC1CN(C)CC1CCOCC1. The van der Waals surface area contributed by atoms with Gasteiger partial charge in [0.1, 0.15) is 0 Å². The van der Waals surface area contributed by atoms with Crippen molar-refractivity contribution >= 4 is 0 Å². The maximum Gasteiger partial charge on any atom is 0.0623 e. The van der Waals surface area contributed by atoms with Crippen LogP contribution in [0.15, 0.2) is 0 Å². The summed E-state index contributed by atoms with van der Waals surface area (Å²) in [5.41, 5.74) is 0. The van der Waals surface area contributed by atoms with Crippen molar-refractivity contribution in [3.63, 3.8) is 0 Å². The Morgan fingerprint density at radius 3 is 2.61 bits per heavy atom. The van der Waals surface area contributed by atoms with Crippen LogP contribution in [0.3, 0.4) is 0 Å². The van der Waals surface area contributed by atoms with Crippen LogP contribution in [0.5, 0.6) is 0 Å². The van der Waals surface area contributed by atoms with Crippen LogP contribution >= 0.6 is 0 Å². The lowest BCUT2D eigenvalue weighted by Crippen LogP contribution is -2.42. The van der Waals surface area contributed by atoms with Crippen molar-refractivity contribution in [3.05, 3.63) is 0 Å². The number of ether oxygens (including phenoxy) is 2. The maximum atomic E-state index is 5.60. The predicted molar refractivity (Wildman–Crippen MR) is 72.8 cm³/mol. The minimum Gasteiger partial charge on any atom is -0.381 e. The third-order valence-corrected chi connectivity index (χ3v) is 4.12. The molecule has 0 amide bonds. The van der Waals surface area contributed by atoms with Crippen LogP contribution < -0.4 is 5.32 Å². The van der Waals surface area contributed by atoms with Crippen molar-refractivity contribution in [2.75, 3.05) is 53.1 Å². The fourth-order valence-corrected chi connectivity index (χ4v) is 3.11. The summed E-state index contributed by atoms with van der Waals surface area (Å²) in [7, 11) is 2.25. The zero-order valence-corrected chi connectivity index (χ0v) is 11.9. The average Bonchev–Trinajstić information content (AvgIpc) is 2.78. The van der Waals surface area contributed by atoms with Gasteiger partial charge in [-0.2, -0.15) is 0 Å². The highest BCUT2D eigenvalue weighted by molar-refractivity contribution is 4.83. The molecule has 0 radical (unpaired) electrons. The van der Waals surface area contributed by atoms with Gasteiger partial charge in [0.2, 0.25) is 0 Å². The Morgan fingerprint density at radius 1 is 1.11 bits per heavy atom. The summed E-state index contributed by atoms with van der Waals surface area (Å²) in [5.74, 6) is 1.47. The topological polar surface area (TPSA) is 33.7 Å². The van der Waals surface area contributed by atoms with Crippen LogP contribution in [0.4, 0.5) is 0 Å². The maximum absolute atomic E-state index is 5.60. The van der Waals surface area contributed by atoms with Gasteiger partial charge >= 0.3 is 0 Å². The van der Waals surface area contributed by atoms with E-state index >= 15 is 0 Å². The molecule has 4 heteroatoms. The van der Waals surface area contributed by atoms with Crippen molar-refractivity contribution in [1.82, 2.24) is 10.2 Å². The highest BCUT2D eigenvalue weighted by Gasteiger charge is 2.28. The van der Waals surface area contributed by atoms with Gasteiger partial charge in [0.25, 0.3) is 0 Å². The Hall–Kier alpha value is -0.160. The molecule has 0 aliphatic carbocycles. The summed E-state index contributed by atoms with van der Waals surface area (Å²) in [5, 5.41) is 3.53. The molecule has 2 unspecified atom stereocenters. The monoisotopic (exact) mass is 256 g/mol. The van der Waals surface area contributed by atoms with E-state index in [1.807, 2.05) is 0 Å². The first-order valence-corrected chi connectivity index (χ1v) is 7.37. The summed E-state index contributed by atoms with van der Waals surface area (Å²) in [6.45, 7) is 9.25. The zero-order chi connectivity index (χ0) is 12.8. The zero-order valence-electron chi connectivity index (χ0n) is 11.9. The largest absolute Gasteiger partial charge is 0.381 e. The molecule has 2 heterocycles. The number of hydrogen-bond donors (Lipinski definition) is 1. The Labute approximate surface area is 111 Å². The third-order valence-electron chi connectivity index (χ3n) is 4.12. The van der Waals surface area contributed by atoms with E-state index < -0.39 is 0 Å². The molecule has 0 aromatic carbocycles. The van der Waals surface area contributed by atoms with Crippen molar-refractivity contribution in [1.29, 1.82) is 0 Å². The second kappa shape index (κ2) is 7.43. The van der Waals surface area contributed by atoms with Gasteiger partial charge in [0, 0.05) is 38.3 Å². The quantitative estimate of drug-likeness (QED) is 0.768. The number of nitrogens with one attached hydrogen (secondary N) is 1. The fourth-order valence-electron chi connectivity index (χ4n) is 3.11. The van der Waals surface area contributed by atoms with Crippen molar-refractivity contribution < 1.29 is 9.47 Å². The van der Waals surface area contributed by atoms with E-state index in [2.05, 4.69) is 24.2 Å². The summed E-state index contributed by atoms with van der Waals surface area (Å²) in [6.07, 6.45) is 2.45. The molecule has 2 rings (SSSR count).